The normalized spacial score (nSPS) is 16.1. The lowest BCUT2D eigenvalue weighted by Gasteiger charge is -2.34. The summed E-state index contributed by atoms with van der Waals surface area (Å²) in [6, 6.07) is 15.5. The van der Waals surface area contributed by atoms with Gasteiger partial charge in [0.2, 0.25) is 0 Å². The minimum absolute atomic E-state index is 0. The van der Waals surface area contributed by atoms with Crippen molar-refractivity contribution in [1.29, 1.82) is 0 Å². The standard InChI is InChI=1S/C22H32N4OS.HI/c1-18-10-11-21(28-18)20(26-13-15-27-16-14-26)17-25-22(23-2)24-12-6-9-19-7-4-3-5-8-19;/h3-5,7-8,10-11,20H,6,9,12-17H2,1-2H3,(H2,23,24,25);1H. The molecule has 1 unspecified atom stereocenters. The Labute approximate surface area is 196 Å². The zero-order valence-electron chi connectivity index (χ0n) is 17.4. The molecule has 1 aromatic carbocycles. The van der Waals surface area contributed by atoms with E-state index in [1.807, 2.05) is 18.4 Å². The van der Waals surface area contributed by atoms with Gasteiger partial charge in [0.25, 0.3) is 0 Å². The molecule has 0 amide bonds. The Hall–Kier alpha value is -1.16. The van der Waals surface area contributed by atoms with Gasteiger partial charge < -0.3 is 15.4 Å². The summed E-state index contributed by atoms with van der Waals surface area (Å²) < 4.78 is 5.54. The Kier molecular flexibility index (Phi) is 11.0. The molecule has 1 saturated heterocycles. The molecule has 29 heavy (non-hydrogen) atoms. The van der Waals surface area contributed by atoms with E-state index in [2.05, 4.69) is 69.9 Å². The molecule has 2 heterocycles. The molecule has 7 heteroatoms. The minimum Gasteiger partial charge on any atom is -0.379 e. The number of aliphatic imine (C=N–C) groups is 1. The monoisotopic (exact) mass is 528 g/mol. The largest absolute Gasteiger partial charge is 0.379 e. The summed E-state index contributed by atoms with van der Waals surface area (Å²) in [5, 5.41) is 6.99. The molecule has 3 rings (SSSR count). The highest BCUT2D eigenvalue weighted by atomic mass is 127. The van der Waals surface area contributed by atoms with Crippen molar-refractivity contribution in [2.75, 3.05) is 46.4 Å². The van der Waals surface area contributed by atoms with Gasteiger partial charge >= 0.3 is 0 Å². The number of nitrogens with zero attached hydrogens (tertiary/aromatic N) is 2. The predicted molar refractivity (Wildman–Crippen MR) is 134 cm³/mol. The van der Waals surface area contributed by atoms with Crippen LogP contribution in [0.4, 0.5) is 0 Å². The highest BCUT2D eigenvalue weighted by molar-refractivity contribution is 14.0. The quantitative estimate of drug-likeness (QED) is 0.237. The second-order valence-corrected chi connectivity index (χ2v) is 8.40. The highest BCUT2D eigenvalue weighted by Gasteiger charge is 2.24. The van der Waals surface area contributed by atoms with Crippen LogP contribution in [0.25, 0.3) is 0 Å². The number of aryl methyl sites for hydroxylation is 2. The molecule has 1 fully saturated rings. The summed E-state index contributed by atoms with van der Waals surface area (Å²) in [6.45, 7) is 7.51. The van der Waals surface area contributed by atoms with Crippen LogP contribution >= 0.6 is 35.3 Å². The van der Waals surface area contributed by atoms with Crippen molar-refractivity contribution >= 4 is 41.3 Å². The SMILES string of the molecule is CN=C(NCCCc1ccccc1)NCC(c1ccc(C)s1)N1CCOCC1.I. The molecular weight excluding hydrogens is 495 g/mol. The molecule has 1 aromatic heterocycles. The summed E-state index contributed by atoms with van der Waals surface area (Å²) >= 11 is 1.89. The first-order valence-electron chi connectivity index (χ1n) is 10.1. The number of guanidine groups is 1. The van der Waals surface area contributed by atoms with Crippen molar-refractivity contribution in [3.05, 3.63) is 57.8 Å². The Bertz CT molecular complexity index is 731. The second-order valence-electron chi connectivity index (χ2n) is 7.08. The van der Waals surface area contributed by atoms with Crippen LogP contribution in [-0.4, -0.2) is 57.3 Å². The summed E-state index contributed by atoms with van der Waals surface area (Å²) in [7, 11) is 1.84. The lowest BCUT2D eigenvalue weighted by atomic mass is 10.1. The van der Waals surface area contributed by atoms with Gasteiger partial charge in [-0.25, -0.2) is 0 Å². The zero-order valence-corrected chi connectivity index (χ0v) is 20.5. The minimum atomic E-state index is 0. The van der Waals surface area contributed by atoms with E-state index in [0.717, 1.165) is 58.2 Å². The van der Waals surface area contributed by atoms with Crippen molar-refractivity contribution in [2.24, 2.45) is 4.99 Å². The van der Waals surface area contributed by atoms with Crippen LogP contribution in [0.3, 0.4) is 0 Å². The van der Waals surface area contributed by atoms with E-state index in [1.165, 1.54) is 15.3 Å². The number of rotatable bonds is 8. The van der Waals surface area contributed by atoms with Crippen LogP contribution in [0.5, 0.6) is 0 Å². The number of benzene rings is 1. The molecule has 1 atom stereocenters. The van der Waals surface area contributed by atoms with Gasteiger partial charge in [0.1, 0.15) is 0 Å². The van der Waals surface area contributed by atoms with Crippen LogP contribution in [0.15, 0.2) is 47.5 Å². The van der Waals surface area contributed by atoms with Crippen LogP contribution < -0.4 is 10.6 Å². The van der Waals surface area contributed by atoms with Crippen molar-refractivity contribution in [2.45, 2.75) is 25.8 Å². The first-order chi connectivity index (χ1) is 13.8. The Morgan fingerprint density at radius 2 is 1.90 bits per heavy atom. The van der Waals surface area contributed by atoms with E-state index in [-0.39, 0.29) is 24.0 Å². The third kappa shape index (κ3) is 7.88. The molecule has 0 aliphatic carbocycles. The number of thiophene rings is 1. The van der Waals surface area contributed by atoms with Crippen LogP contribution in [0.1, 0.15) is 27.8 Å². The third-order valence-electron chi connectivity index (χ3n) is 5.04. The summed E-state index contributed by atoms with van der Waals surface area (Å²) in [4.78, 5) is 9.69. The van der Waals surface area contributed by atoms with E-state index in [0.29, 0.717) is 6.04 Å². The summed E-state index contributed by atoms with van der Waals surface area (Å²) in [5.41, 5.74) is 1.38. The third-order valence-corrected chi connectivity index (χ3v) is 6.14. The van der Waals surface area contributed by atoms with E-state index >= 15 is 0 Å². The Morgan fingerprint density at radius 1 is 1.14 bits per heavy atom. The number of morpholine rings is 1. The Balaban J connectivity index is 0.00000300. The average Bonchev–Trinajstić information content (AvgIpc) is 3.17. The predicted octanol–water partition coefficient (Wildman–Crippen LogP) is 3.85. The van der Waals surface area contributed by atoms with Crippen molar-refractivity contribution in [1.82, 2.24) is 15.5 Å². The van der Waals surface area contributed by atoms with Gasteiger partial charge in [0.15, 0.2) is 5.96 Å². The second kappa shape index (κ2) is 13.2. The molecule has 5 nitrogen and oxygen atoms in total. The summed E-state index contributed by atoms with van der Waals surface area (Å²) in [5.74, 6) is 0.875. The van der Waals surface area contributed by atoms with E-state index in [9.17, 15) is 0 Å². The van der Waals surface area contributed by atoms with Gasteiger partial charge in [-0.05, 0) is 37.5 Å². The molecule has 0 spiro atoms. The maximum absolute atomic E-state index is 5.54. The molecule has 1 aliphatic rings. The fourth-order valence-electron chi connectivity index (χ4n) is 3.49. The molecule has 0 radical (unpaired) electrons. The van der Waals surface area contributed by atoms with E-state index in [4.69, 9.17) is 4.74 Å². The first kappa shape index (κ1) is 24.1. The van der Waals surface area contributed by atoms with Crippen LogP contribution in [-0.2, 0) is 11.2 Å². The van der Waals surface area contributed by atoms with Gasteiger partial charge in [0, 0.05) is 43.0 Å². The van der Waals surface area contributed by atoms with Crippen molar-refractivity contribution < 1.29 is 4.74 Å². The average molecular weight is 529 g/mol. The van der Waals surface area contributed by atoms with Gasteiger partial charge in [-0.2, -0.15) is 0 Å². The molecular formula is C22H33IN4OS. The van der Waals surface area contributed by atoms with E-state index < -0.39 is 0 Å². The van der Waals surface area contributed by atoms with Gasteiger partial charge in [-0.1, -0.05) is 30.3 Å². The molecule has 2 aromatic rings. The van der Waals surface area contributed by atoms with E-state index in [1.54, 1.807) is 0 Å². The van der Waals surface area contributed by atoms with Crippen LogP contribution in [0.2, 0.25) is 0 Å². The fourth-order valence-corrected chi connectivity index (χ4v) is 4.50. The molecule has 0 bridgehead atoms. The lowest BCUT2D eigenvalue weighted by Crippen LogP contribution is -2.46. The number of halogens is 1. The number of nitrogens with one attached hydrogen (secondary N) is 2. The topological polar surface area (TPSA) is 48.9 Å². The number of hydrogen-bond donors (Lipinski definition) is 2. The maximum Gasteiger partial charge on any atom is 0.191 e. The smallest absolute Gasteiger partial charge is 0.191 e. The molecule has 0 saturated carbocycles. The van der Waals surface area contributed by atoms with Crippen molar-refractivity contribution in [3.8, 4) is 0 Å². The molecule has 1 aliphatic heterocycles. The lowest BCUT2D eigenvalue weighted by molar-refractivity contribution is 0.0177. The fraction of sp³-hybridized carbons (Fsp3) is 0.500. The summed E-state index contributed by atoms with van der Waals surface area (Å²) in [6.07, 6.45) is 2.16. The first-order valence-corrected chi connectivity index (χ1v) is 10.9. The zero-order chi connectivity index (χ0) is 19.6. The highest BCUT2D eigenvalue weighted by Crippen LogP contribution is 2.27. The molecule has 2 N–H and O–H groups in total. The Morgan fingerprint density at radius 3 is 2.55 bits per heavy atom. The van der Waals surface area contributed by atoms with Gasteiger partial charge in [-0.15, -0.1) is 35.3 Å². The van der Waals surface area contributed by atoms with Crippen molar-refractivity contribution in [3.63, 3.8) is 0 Å². The number of ether oxygens (including phenoxy) is 1. The van der Waals surface area contributed by atoms with Gasteiger partial charge in [0.05, 0.1) is 19.3 Å². The van der Waals surface area contributed by atoms with Gasteiger partial charge in [-0.3, -0.25) is 9.89 Å². The maximum atomic E-state index is 5.54. The number of hydrogen-bond acceptors (Lipinski definition) is 4. The molecule has 160 valence electrons. The van der Waals surface area contributed by atoms with Crippen LogP contribution in [0, 0.1) is 6.92 Å².